The summed E-state index contributed by atoms with van der Waals surface area (Å²) >= 11 is 0. The summed E-state index contributed by atoms with van der Waals surface area (Å²) in [5.41, 5.74) is 0.0769. The van der Waals surface area contributed by atoms with Crippen molar-refractivity contribution in [3.63, 3.8) is 0 Å². The molecule has 1 aromatic carbocycles. The number of hydrogen-bond acceptors (Lipinski definition) is 3. The number of amides is 1. The highest BCUT2D eigenvalue weighted by Gasteiger charge is 2.24. The molecule has 1 aromatic rings. The summed E-state index contributed by atoms with van der Waals surface area (Å²) in [4.78, 5) is 13.8. The fraction of sp³-hybridized carbons (Fsp3) is 0.308. The molecule has 0 N–H and O–H groups in total. The van der Waals surface area contributed by atoms with E-state index < -0.39 is 9.05 Å². The maximum absolute atomic E-state index is 12.4. The molecule has 19 heavy (non-hydrogen) atoms. The van der Waals surface area contributed by atoms with Gasteiger partial charge in [0.2, 0.25) is 0 Å². The van der Waals surface area contributed by atoms with Gasteiger partial charge in [-0.05, 0) is 26.0 Å². The van der Waals surface area contributed by atoms with Gasteiger partial charge >= 0.3 is 0 Å². The first kappa shape index (κ1) is 15.7. The lowest BCUT2D eigenvalue weighted by Gasteiger charge is -2.26. The first-order chi connectivity index (χ1) is 8.79. The Morgan fingerprint density at radius 2 is 2.00 bits per heavy atom. The fourth-order valence-electron chi connectivity index (χ4n) is 1.68. The van der Waals surface area contributed by atoms with E-state index in [0.29, 0.717) is 6.54 Å². The molecule has 0 heterocycles. The number of rotatable bonds is 5. The third-order valence-electron chi connectivity index (χ3n) is 2.59. The predicted octanol–water partition coefficient (Wildman–Crippen LogP) is 2.65. The highest BCUT2D eigenvalue weighted by molar-refractivity contribution is 8.13. The van der Waals surface area contributed by atoms with E-state index >= 15 is 0 Å². The van der Waals surface area contributed by atoms with Crippen LogP contribution >= 0.6 is 10.7 Å². The van der Waals surface area contributed by atoms with Gasteiger partial charge in [0.15, 0.2) is 0 Å². The Hall–Kier alpha value is -1.33. The van der Waals surface area contributed by atoms with Crippen molar-refractivity contribution in [2.75, 3.05) is 6.54 Å². The standard InChI is InChI=1S/C13H16ClNO3S/c1-4-9-15(10(2)3)13(16)11-7-5-6-8-12(11)19(14,17)18/h4-8,10H,1,9H2,2-3H3. The lowest BCUT2D eigenvalue weighted by molar-refractivity contribution is 0.0725. The van der Waals surface area contributed by atoms with Crippen molar-refractivity contribution in [1.82, 2.24) is 4.90 Å². The highest BCUT2D eigenvalue weighted by Crippen LogP contribution is 2.21. The van der Waals surface area contributed by atoms with Gasteiger partial charge in [-0.15, -0.1) is 6.58 Å². The van der Waals surface area contributed by atoms with Crippen LogP contribution in [0.25, 0.3) is 0 Å². The minimum atomic E-state index is -3.95. The smallest absolute Gasteiger partial charge is 0.262 e. The second-order valence-corrected chi connectivity index (χ2v) is 6.81. The van der Waals surface area contributed by atoms with E-state index in [1.807, 2.05) is 13.8 Å². The van der Waals surface area contributed by atoms with Crippen LogP contribution in [0.4, 0.5) is 0 Å². The second-order valence-electron chi connectivity index (χ2n) is 4.27. The van der Waals surface area contributed by atoms with Crippen LogP contribution in [-0.2, 0) is 9.05 Å². The van der Waals surface area contributed by atoms with E-state index in [4.69, 9.17) is 10.7 Å². The molecule has 4 nitrogen and oxygen atoms in total. The van der Waals surface area contributed by atoms with Crippen LogP contribution in [0, 0.1) is 0 Å². The van der Waals surface area contributed by atoms with E-state index in [0.717, 1.165) is 0 Å². The van der Waals surface area contributed by atoms with Crippen LogP contribution in [0.3, 0.4) is 0 Å². The van der Waals surface area contributed by atoms with Gasteiger partial charge in [-0.1, -0.05) is 18.2 Å². The van der Waals surface area contributed by atoms with E-state index in [1.54, 1.807) is 12.1 Å². The molecule has 0 aliphatic heterocycles. The Balaban J connectivity index is 3.30. The first-order valence-electron chi connectivity index (χ1n) is 5.74. The van der Waals surface area contributed by atoms with Crippen LogP contribution in [-0.4, -0.2) is 31.8 Å². The van der Waals surface area contributed by atoms with Gasteiger partial charge in [-0.3, -0.25) is 4.79 Å². The SMILES string of the molecule is C=CCN(C(=O)c1ccccc1S(=O)(=O)Cl)C(C)C. The second kappa shape index (κ2) is 6.21. The topological polar surface area (TPSA) is 54.5 Å². The summed E-state index contributed by atoms with van der Waals surface area (Å²) in [6.45, 7) is 7.63. The summed E-state index contributed by atoms with van der Waals surface area (Å²) in [7, 11) is 1.40. The number of benzene rings is 1. The zero-order chi connectivity index (χ0) is 14.6. The third-order valence-corrected chi connectivity index (χ3v) is 3.97. The van der Waals surface area contributed by atoms with Crippen LogP contribution < -0.4 is 0 Å². The minimum Gasteiger partial charge on any atom is -0.332 e. The van der Waals surface area contributed by atoms with Crippen molar-refractivity contribution in [2.45, 2.75) is 24.8 Å². The van der Waals surface area contributed by atoms with Crippen molar-refractivity contribution in [3.8, 4) is 0 Å². The highest BCUT2D eigenvalue weighted by atomic mass is 35.7. The molecule has 0 saturated carbocycles. The lowest BCUT2D eigenvalue weighted by Crippen LogP contribution is -2.37. The molecule has 6 heteroatoms. The van der Waals surface area contributed by atoms with Gasteiger partial charge in [0.1, 0.15) is 0 Å². The molecule has 0 spiro atoms. The van der Waals surface area contributed by atoms with Crippen molar-refractivity contribution >= 4 is 25.6 Å². The Morgan fingerprint density at radius 1 is 1.42 bits per heavy atom. The molecule has 1 amide bonds. The Kier molecular flexibility index (Phi) is 5.14. The summed E-state index contributed by atoms with van der Waals surface area (Å²) in [6.07, 6.45) is 1.59. The zero-order valence-electron chi connectivity index (χ0n) is 10.8. The summed E-state index contributed by atoms with van der Waals surface area (Å²) < 4.78 is 23.0. The van der Waals surface area contributed by atoms with E-state index in [9.17, 15) is 13.2 Å². The quantitative estimate of drug-likeness (QED) is 0.620. The van der Waals surface area contributed by atoms with Crippen LogP contribution in [0.2, 0.25) is 0 Å². The number of carbonyl (C=O) groups is 1. The predicted molar refractivity (Wildman–Crippen MR) is 75.9 cm³/mol. The molecule has 0 bridgehead atoms. The number of halogens is 1. The maximum atomic E-state index is 12.4. The maximum Gasteiger partial charge on any atom is 0.262 e. The monoisotopic (exact) mass is 301 g/mol. The molecule has 0 radical (unpaired) electrons. The number of hydrogen-bond donors (Lipinski definition) is 0. The summed E-state index contributed by atoms with van der Waals surface area (Å²) in [5, 5.41) is 0. The van der Waals surface area contributed by atoms with E-state index in [1.165, 1.54) is 23.1 Å². The normalized spacial score (nSPS) is 11.4. The van der Waals surface area contributed by atoms with Crippen molar-refractivity contribution in [1.29, 1.82) is 0 Å². The minimum absolute atomic E-state index is 0.0726. The number of carbonyl (C=O) groups excluding carboxylic acids is 1. The zero-order valence-corrected chi connectivity index (χ0v) is 12.4. The summed E-state index contributed by atoms with van der Waals surface area (Å²) in [5.74, 6) is -0.380. The molecule has 0 aliphatic rings. The molecule has 0 atom stereocenters. The van der Waals surface area contributed by atoms with Gasteiger partial charge < -0.3 is 4.90 Å². The molecule has 0 aromatic heterocycles. The van der Waals surface area contributed by atoms with E-state index in [2.05, 4.69) is 6.58 Å². The molecule has 0 saturated heterocycles. The van der Waals surface area contributed by atoms with Gasteiger partial charge in [-0.2, -0.15) is 0 Å². The van der Waals surface area contributed by atoms with Crippen molar-refractivity contribution in [2.24, 2.45) is 0 Å². The largest absolute Gasteiger partial charge is 0.332 e. The van der Waals surface area contributed by atoms with Gasteiger partial charge in [0.25, 0.3) is 15.0 Å². The van der Waals surface area contributed by atoms with Crippen LogP contribution in [0.1, 0.15) is 24.2 Å². The van der Waals surface area contributed by atoms with Crippen LogP contribution in [0.5, 0.6) is 0 Å². The van der Waals surface area contributed by atoms with Crippen molar-refractivity contribution in [3.05, 3.63) is 42.5 Å². The summed E-state index contributed by atoms with van der Waals surface area (Å²) in [6, 6.07) is 5.83. The Labute approximate surface area is 118 Å². The Morgan fingerprint density at radius 3 is 2.47 bits per heavy atom. The van der Waals surface area contributed by atoms with Crippen molar-refractivity contribution < 1.29 is 13.2 Å². The van der Waals surface area contributed by atoms with E-state index in [-0.39, 0.29) is 22.4 Å². The third kappa shape index (κ3) is 3.81. The average molecular weight is 302 g/mol. The molecule has 0 fully saturated rings. The van der Waals surface area contributed by atoms with Gasteiger partial charge in [-0.25, -0.2) is 8.42 Å². The Bertz CT molecular complexity index is 581. The van der Waals surface area contributed by atoms with Crippen LogP contribution in [0.15, 0.2) is 41.8 Å². The molecule has 0 unspecified atom stereocenters. The van der Waals surface area contributed by atoms with Gasteiger partial charge in [0.05, 0.1) is 10.5 Å². The first-order valence-corrected chi connectivity index (χ1v) is 8.05. The number of nitrogens with zero attached hydrogens (tertiary/aromatic N) is 1. The molecule has 0 aliphatic carbocycles. The molecular formula is C13H16ClNO3S. The fourth-order valence-corrected chi connectivity index (χ4v) is 2.74. The molecule has 104 valence electrons. The molecule has 1 rings (SSSR count). The average Bonchev–Trinajstić information content (AvgIpc) is 2.33. The van der Waals surface area contributed by atoms with Gasteiger partial charge in [0, 0.05) is 23.3 Å². The lowest BCUT2D eigenvalue weighted by atomic mass is 10.1. The molecular weight excluding hydrogens is 286 g/mol.